The van der Waals surface area contributed by atoms with Gasteiger partial charge < -0.3 is 14.4 Å². The van der Waals surface area contributed by atoms with E-state index in [1.54, 1.807) is 10.7 Å². The molecule has 0 radical (unpaired) electrons. The Morgan fingerprint density at radius 3 is 2.67 bits per heavy atom. The van der Waals surface area contributed by atoms with Gasteiger partial charge in [0, 0.05) is 31.7 Å². The van der Waals surface area contributed by atoms with Crippen molar-refractivity contribution in [3.05, 3.63) is 29.6 Å². The van der Waals surface area contributed by atoms with Gasteiger partial charge in [-0.05, 0) is 51.9 Å². The summed E-state index contributed by atoms with van der Waals surface area (Å²) in [6, 6.07) is 1.79. The van der Waals surface area contributed by atoms with E-state index in [2.05, 4.69) is 31.7 Å². The Hall–Kier alpha value is -2.22. The van der Waals surface area contributed by atoms with Gasteiger partial charge in [-0.3, -0.25) is 9.48 Å². The number of aromatic nitrogens is 5. The quantitative estimate of drug-likeness (QED) is 0.801. The highest BCUT2D eigenvalue weighted by atomic mass is 16.2. The molecule has 146 valence electrons. The summed E-state index contributed by atoms with van der Waals surface area (Å²) in [5.74, 6) is 2.48. The van der Waals surface area contributed by atoms with Crippen LogP contribution >= 0.6 is 0 Å². The van der Waals surface area contributed by atoms with Gasteiger partial charge in [0.1, 0.15) is 11.5 Å². The number of hydrogen-bond acceptors (Lipinski definition) is 5. The lowest BCUT2D eigenvalue weighted by Gasteiger charge is -2.32. The molecule has 0 atom stereocenters. The van der Waals surface area contributed by atoms with Gasteiger partial charge in [0.05, 0.1) is 6.54 Å². The molecule has 2 aromatic rings. The van der Waals surface area contributed by atoms with Gasteiger partial charge in [0.2, 0.25) is 0 Å². The van der Waals surface area contributed by atoms with E-state index in [0.717, 1.165) is 50.7 Å². The number of fused-ring (bicyclic) bond motifs is 1. The van der Waals surface area contributed by atoms with Crippen molar-refractivity contribution < 1.29 is 4.79 Å². The molecule has 2 aromatic heterocycles. The van der Waals surface area contributed by atoms with Gasteiger partial charge in [-0.1, -0.05) is 6.92 Å². The number of carbonyl (C=O) groups excluding carboxylic acids is 1. The predicted octanol–water partition coefficient (Wildman–Crippen LogP) is 1.74. The SMILES string of the molecule is CCCN1CCC(c2nnc3n2CCN(C(=O)c2ccn(CC)n2)C3)CC1. The molecule has 2 aliphatic rings. The Labute approximate surface area is 160 Å². The second-order valence-electron chi connectivity index (χ2n) is 7.53. The van der Waals surface area contributed by atoms with E-state index in [-0.39, 0.29) is 5.91 Å². The van der Waals surface area contributed by atoms with E-state index in [4.69, 9.17) is 0 Å². The number of hydrogen-bond donors (Lipinski definition) is 0. The van der Waals surface area contributed by atoms with Crippen molar-refractivity contribution in [2.24, 2.45) is 0 Å². The molecule has 0 bridgehead atoms. The molecular formula is C19H29N7O. The number of piperidine rings is 1. The average molecular weight is 371 g/mol. The summed E-state index contributed by atoms with van der Waals surface area (Å²) >= 11 is 0. The molecule has 0 aliphatic carbocycles. The lowest BCUT2D eigenvalue weighted by atomic mass is 9.95. The summed E-state index contributed by atoms with van der Waals surface area (Å²) in [5.41, 5.74) is 0.508. The molecule has 8 heteroatoms. The van der Waals surface area contributed by atoms with Crippen molar-refractivity contribution in [1.82, 2.24) is 34.3 Å². The predicted molar refractivity (Wildman–Crippen MR) is 101 cm³/mol. The highest BCUT2D eigenvalue weighted by molar-refractivity contribution is 5.92. The van der Waals surface area contributed by atoms with E-state index in [1.165, 1.54) is 13.0 Å². The van der Waals surface area contributed by atoms with Crippen molar-refractivity contribution in [2.75, 3.05) is 26.2 Å². The number of likely N-dealkylation sites (tertiary alicyclic amines) is 1. The van der Waals surface area contributed by atoms with Gasteiger partial charge in [0.25, 0.3) is 5.91 Å². The minimum Gasteiger partial charge on any atom is -0.328 e. The second-order valence-corrected chi connectivity index (χ2v) is 7.53. The van der Waals surface area contributed by atoms with E-state index < -0.39 is 0 Å². The largest absolute Gasteiger partial charge is 0.328 e. The zero-order chi connectivity index (χ0) is 18.8. The van der Waals surface area contributed by atoms with Crippen LogP contribution in [-0.2, 0) is 19.6 Å². The zero-order valence-corrected chi connectivity index (χ0v) is 16.3. The summed E-state index contributed by atoms with van der Waals surface area (Å²) in [5, 5.41) is 13.3. The monoisotopic (exact) mass is 371 g/mol. The van der Waals surface area contributed by atoms with Gasteiger partial charge in [-0.15, -0.1) is 10.2 Å². The Kier molecular flexibility index (Phi) is 5.24. The summed E-state index contributed by atoms with van der Waals surface area (Å²) in [7, 11) is 0. The molecule has 0 aromatic carbocycles. The average Bonchev–Trinajstić information content (AvgIpc) is 3.35. The van der Waals surface area contributed by atoms with Crippen molar-refractivity contribution >= 4 is 5.91 Å². The zero-order valence-electron chi connectivity index (χ0n) is 16.3. The van der Waals surface area contributed by atoms with Gasteiger partial charge in [0.15, 0.2) is 5.82 Å². The first kappa shape index (κ1) is 18.2. The maximum Gasteiger partial charge on any atom is 0.274 e. The first-order valence-electron chi connectivity index (χ1n) is 10.2. The molecule has 1 amide bonds. The molecule has 2 aliphatic heterocycles. The number of carbonyl (C=O) groups is 1. The highest BCUT2D eigenvalue weighted by Crippen LogP contribution is 2.28. The van der Waals surface area contributed by atoms with Crippen LogP contribution in [0, 0.1) is 0 Å². The molecular weight excluding hydrogens is 342 g/mol. The second kappa shape index (κ2) is 7.80. The molecule has 4 rings (SSSR count). The maximum absolute atomic E-state index is 12.7. The fourth-order valence-electron chi connectivity index (χ4n) is 4.20. The van der Waals surface area contributed by atoms with Gasteiger partial charge in [-0.25, -0.2) is 0 Å². The highest BCUT2D eigenvalue weighted by Gasteiger charge is 2.30. The van der Waals surface area contributed by atoms with Crippen LogP contribution in [0.2, 0.25) is 0 Å². The lowest BCUT2D eigenvalue weighted by molar-refractivity contribution is 0.0698. The summed E-state index contributed by atoms with van der Waals surface area (Å²) in [6.45, 7) is 10.5. The Bertz CT molecular complexity index is 788. The number of aryl methyl sites for hydroxylation is 1. The molecule has 0 saturated carbocycles. The summed E-state index contributed by atoms with van der Waals surface area (Å²) in [6.07, 6.45) is 5.36. The molecule has 1 fully saturated rings. The first-order chi connectivity index (χ1) is 13.2. The van der Waals surface area contributed by atoms with Crippen molar-refractivity contribution in [3.63, 3.8) is 0 Å². The third-order valence-electron chi connectivity index (χ3n) is 5.75. The topological polar surface area (TPSA) is 72.1 Å². The lowest BCUT2D eigenvalue weighted by Crippen LogP contribution is -2.40. The van der Waals surface area contributed by atoms with Crippen LogP contribution in [-0.4, -0.2) is 66.4 Å². The van der Waals surface area contributed by atoms with Crippen LogP contribution < -0.4 is 0 Å². The van der Waals surface area contributed by atoms with Crippen LogP contribution in [0.4, 0.5) is 0 Å². The normalized spacial score (nSPS) is 18.7. The Morgan fingerprint density at radius 1 is 1.15 bits per heavy atom. The minimum atomic E-state index is -0.0223. The van der Waals surface area contributed by atoms with E-state index in [0.29, 0.717) is 24.7 Å². The van der Waals surface area contributed by atoms with E-state index in [9.17, 15) is 4.79 Å². The van der Waals surface area contributed by atoms with Crippen LogP contribution in [0.1, 0.15) is 61.2 Å². The van der Waals surface area contributed by atoms with Gasteiger partial charge >= 0.3 is 0 Å². The Balaban J connectivity index is 1.42. The molecule has 8 nitrogen and oxygen atoms in total. The third kappa shape index (κ3) is 3.63. The summed E-state index contributed by atoms with van der Waals surface area (Å²) < 4.78 is 4.03. The fourth-order valence-corrected chi connectivity index (χ4v) is 4.20. The van der Waals surface area contributed by atoms with Crippen LogP contribution in [0.25, 0.3) is 0 Å². The minimum absolute atomic E-state index is 0.0223. The number of rotatable bonds is 5. The molecule has 4 heterocycles. The van der Waals surface area contributed by atoms with E-state index >= 15 is 0 Å². The van der Waals surface area contributed by atoms with Crippen molar-refractivity contribution in [1.29, 1.82) is 0 Å². The standard InChI is InChI=1S/C19H29N7O/c1-3-8-23-9-5-15(6-10-23)18-21-20-17-14-24(12-13-26(17)18)19(27)16-7-11-25(4-2)22-16/h7,11,15H,3-6,8-10,12-14H2,1-2H3. The molecule has 27 heavy (non-hydrogen) atoms. The van der Waals surface area contributed by atoms with Crippen molar-refractivity contribution in [2.45, 2.75) is 58.7 Å². The number of amides is 1. The van der Waals surface area contributed by atoms with Crippen LogP contribution in [0.5, 0.6) is 0 Å². The Morgan fingerprint density at radius 2 is 1.96 bits per heavy atom. The first-order valence-corrected chi connectivity index (χ1v) is 10.2. The molecule has 0 unspecified atom stereocenters. The fraction of sp³-hybridized carbons (Fsp3) is 0.684. The molecule has 0 N–H and O–H groups in total. The maximum atomic E-state index is 12.7. The third-order valence-corrected chi connectivity index (χ3v) is 5.75. The number of nitrogens with zero attached hydrogens (tertiary/aromatic N) is 7. The molecule has 0 spiro atoms. The van der Waals surface area contributed by atoms with Crippen molar-refractivity contribution in [3.8, 4) is 0 Å². The molecule has 1 saturated heterocycles. The van der Waals surface area contributed by atoms with E-state index in [1.807, 2.05) is 18.0 Å². The van der Waals surface area contributed by atoms with Crippen LogP contribution in [0.15, 0.2) is 12.3 Å². The summed E-state index contributed by atoms with van der Waals surface area (Å²) in [4.78, 5) is 17.1. The van der Waals surface area contributed by atoms with Crippen LogP contribution in [0.3, 0.4) is 0 Å². The van der Waals surface area contributed by atoms with Gasteiger partial charge in [-0.2, -0.15) is 5.10 Å². The smallest absolute Gasteiger partial charge is 0.274 e.